The van der Waals surface area contributed by atoms with E-state index in [1.165, 1.54) is 49.2 Å². The predicted molar refractivity (Wildman–Crippen MR) is 246 cm³/mol. The molecule has 0 fully saturated rings. The number of anilines is 5. The van der Waals surface area contributed by atoms with E-state index in [0.717, 1.165) is 62.4 Å². The highest BCUT2D eigenvalue weighted by Crippen LogP contribution is 2.52. The first-order valence-electron chi connectivity index (χ1n) is 20.0. The van der Waals surface area contributed by atoms with Gasteiger partial charge in [0, 0.05) is 11.4 Å². The Morgan fingerprint density at radius 1 is 0.458 bits per heavy atom. The summed E-state index contributed by atoms with van der Waals surface area (Å²) in [6.45, 7) is 2.17. The molecule has 0 atom stereocenters. The molecule has 4 heteroatoms. The molecule has 59 heavy (non-hydrogen) atoms. The Bertz CT molecular complexity index is 3180. The fourth-order valence-electron chi connectivity index (χ4n) is 8.61. The number of nitrogens with zero attached hydrogens (tertiary/aromatic N) is 1. The maximum atomic E-state index is 6.43. The first-order valence-corrected chi connectivity index (χ1v) is 20.0. The molecule has 0 saturated heterocycles. The summed E-state index contributed by atoms with van der Waals surface area (Å²) in [4.78, 5) is 2.33. The number of nitrogens with one attached hydrogen (secondary N) is 1. The van der Waals surface area contributed by atoms with Crippen molar-refractivity contribution in [1.29, 1.82) is 0 Å². The lowest BCUT2D eigenvalue weighted by Gasteiger charge is -2.33. The number of para-hydroxylation sites is 7. The number of rotatable bonds is 7. The smallest absolute Gasteiger partial charge is 0.151 e. The molecule has 1 aliphatic heterocycles. The van der Waals surface area contributed by atoms with E-state index in [4.69, 9.17) is 9.47 Å². The minimum Gasteiger partial charge on any atom is -0.455 e. The first-order chi connectivity index (χ1) is 29.1. The molecule has 4 nitrogen and oxygen atoms in total. The maximum absolute atomic E-state index is 6.43. The Morgan fingerprint density at radius 2 is 1.10 bits per heavy atom. The summed E-state index contributed by atoms with van der Waals surface area (Å²) in [5.41, 5.74) is 10.9. The molecular weight excluding hydrogens is 721 g/mol. The number of hydrogen-bond donors (Lipinski definition) is 1. The highest BCUT2D eigenvalue weighted by Gasteiger charge is 2.27. The average molecular weight is 759 g/mol. The summed E-state index contributed by atoms with van der Waals surface area (Å²) < 4.78 is 12.8. The van der Waals surface area contributed by atoms with Crippen molar-refractivity contribution in [3.63, 3.8) is 0 Å². The van der Waals surface area contributed by atoms with E-state index >= 15 is 0 Å². The van der Waals surface area contributed by atoms with Crippen LogP contribution in [-0.2, 0) is 0 Å². The third kappa shape index (κ3) is 6.19. The molecule has 1 aliphatic rings. The molecule has 0 aliphatic carbocycles. The Hall–Kier alpha value is -7.82. The van der Waals surface area contributed by atoms with Crippen LogP contribution in [0.25, 0.3) is 54.6 Å². The Balaban J connectivity index is 1.18. The average Bonchev–Trinajstić information content (AvgIpc) is 3.28. The van der Waals surface area contributed by atoms with Crippen molar-refractivity contribution in [2.24, 2.45) is 0 Å². The molecule has 10 aromatic rings. The van der Waals surface area contributed by atoms with Crippen molar-refractivity contribution >= 4 is 60.8 Å². The maximum Gasteiger partial charge on any atom is 0.151 e. The third-order valence-corrected chi connectivity index (χ3v) is 11.3. The number of fused-ring (bicyclic) bond motifs is 5. The summed E-state index contributed by atoms with van der Waals surface area (Å²) in [5.74, 6) is 3.20. The molecule has 0 unspecified atom stereocenters. The van der Waals surface area contributed by atoms with Crippen LogP contribution in [0.5, 0.6) is 23.0 Å². The first kappa shape index (κ1) is 34.4. The normalized spacial score (nSPS) is 11.9. The number of hydrogen-bond acceptors (Lipinski definition) is 4. The largest absolute Gasteiger partial charge is 0.455 e. The van der Waals surface area contributed by atoms with Gasteiger partial charge in [-0.2, -0.15) is 0 Å². The number of benzene rings is 10. The van der Waals surface area contributed by atoms with E-state index in [0.29, 0.717) is 0 Å². The van der Waals surface area contributed by atoms with Gasteiger partial charge in [-0.05, 0) is 140 Å². The van der Waals surface area contributed by atoms with Gasteiger partial charge in [-0.25, -0.2) is 0 Å². The molecule has 10 aromatic carbocycles. The minimum atomic E-state index is 0.756. The highest BCUT2D eigenvalue weighted by molar-refractivity contribution is 6.23. The monoisotopic (exact) mass is 758 g/mol. The van der Waals surface area contributed by atoms with Crippen molar-refractivity contribution in [2.75, 3.05) is 10.2 Å². The van der Waals surface area contributed by atoms with Crippen LogP contribution in [0.15, 0.2) is 206 Å². The van der Waals surface area contributed by atoms with Crippen molar-refractivity contribution in [3.05, 3.63) is 212 Å². The molecule has 0 saturated carbocycles. The Labute approximate surface area is 343 Å². The zero-order valence-electron chi connectivity index (χ0n) is 32.4. The molecule has 280 valence electrons. The quantitative estimate of drug-likeness (QED) is 0.164. The lowest BCUT2D eigenvalue weighted by molar-refractivity contribution is 0.477. The summed E-state index contributed by atoms with van der Waals surface area (Å²) in [7, 11) is 0. The molecule has 0 amide bonds. The molecule has 0 radical (unpaired) electrons. The van der Waals surface area contributed by atoms with Gasteiger partial charge in [-0.1, -0.05) is 133 Å². The number of aryl methyl sites for hydroxylation is 1. The van der Waals surface area contributed by atoms with E-state index in [-0.39, 0.29) is 0 Å². The molecule has 0 bridgehead atoms. The van der Waals surface area contributed by atoms with Gasteiger partial charge in [-0.15, -0.1) is 0 Å². The second kappa shape index (κ2) is 14.3. The SMILES string of the molecule is Cc1cccc(-c2c3ccc(N4c5ccccc5Oc5ccccc54)cc3c(-c3ccc4ccccc4c3)c3ccc(Nc4ccccc4Oc4ccccc4)cc23)c1. The van der Waals surface area contributed by atoms with E-state index < -0.39 is 0 Å². The Kier molecular flexibility index (Phi) is 8.34. The molecule has 11 rings (SSSR count). The minimum absolute atomic E-state index is 0.756. The number of ether oxygens (including phenoxy) is 2. The van der Waals surface area contributed by atoms with Crippen molar-refractivity contribution in [1.82, 2.24) is 0 Å². The lowest BCUT2D eigenvalue weighted by atomic mass is 9.84. The van der Waals surface area contributed by atoms with E-state index in [2.05, 4.69) is 151 Å². The Morgan fingerprint density at radius 3 is 1.88 bits per heavy atom. The fraction of sp³-hybridized carbons (Fsp3) is 0.0182. The highest BCUT2D eigenvalue weighted by atomic mass is 16.5. The summed E-state index contributed by atoms with van der Waals surface area (Å²) >= 11 is 0. The van der Waals surface area contributed by atoms with Crippen LogP contribution in [0.2, 0.25) is 0 Å². The topological polar surface area (TPSA) is 33.7 Å². The zero-order valence-corrected chi connectivity index (χ0v) is 32.4. The van der Waals surface area contributed by atoms with Crippen LogP contribution in [0.3, 0.4) is 0 Å². The van der Waals surface area contributed by atoms with Gasteiger partial charge in [0.25, 0.3) is 0 Å². The van der Waals surface area contributed by atoms with E-state index in [9.17, 15) is 0 Å². The predicted octanol–water partition coefficient (Wildman–Crippen LogP) is 15.9. The van der Waals surface area contributed by atoms with Gasteiger partial charge >= 0.3 is 0 Å². The standard InChI is InChI=1S/C55H38N2O2/c1-36-14-13-17-39(32-36)54-45-31-29-42(57-49-21-8-11-24-52(49)59-53-25-12-9-22-50(53)57)35-47(45)55(40-27-26-37-15-5-6-16-38(37)33-40)44-30-28-41(34-46(44)54)56-48-20-7-10-23-51(48)58-43-18-3-2-4-19-43/h2-35,56H,1H3. The van der Waals surface area contributed by atoms with Crippen LogP contribution in [-0.4, -0.2) is 0 Å². The van der Waals surface area contributed by atoms with Crippen LogP contribution < -0.4 is 19.7 Å². The second-order valence-corrected chi connectivity index (χ2v) is 15.1. The summed E-state index contributed by atoms with van der Waals surface area (Å²) in [6.07, 6.45) is 0. The molecule has 0 aromatic heterocycles. The van der Waals surface area contributed by atoms with Gasteiger partial charge in [0.1, 0.15) is 5.75 Å². The van der Waals surface area contributed by atoms with Crippen LogP contribution >= 0.6 is 0 Å². The zero-order chi connectivity index (χ0) is 39.3. The molecule has 1 heterocycles. The molecule has 0 spiro atoms. The van der Waals surface area contributed by atoms with Crippen LogP contribution in [0, 0.1) is 6.92 Å². The third-order valence-electron chi connectivity index (χ3n) is 11.3. The summed E-state index contributed by atoms with van der Waals surface area (Å²) in [6, 6.07) is 72.6. The van der Waals surface area contributed by atoms with Gasteiger partial charge in [0.2, 0.25) is 0 Å². The second-order valence-electron chi connectivity index (χ2n) is 15.1. The fourth-order valence-corrected chi connectivity index (χ4v) is 8.61. The lowest BCUT2D eigenvalue weighted by Crippen LogP contribution is -2.15. The van der Waals surface area contributed by atoms with Crippen molar-refractivity contribution < 1.29 is 9.47 Å². The van der Waals surface area contributed by atoms with Crippen LogP contribution in [0.4, 0.5) is 28.4 Å². The van der Waals surface area contributed by atoms with Gasteiger partial charge in [0.05, 0.1) is 17.1 Å². The summed E-state index contributed by atoms with van der Waals surface area (Å²) in [5, 5.41) is 10.8. The van der Waals surface area contributed by atoms with Gasteiger partial charge in [0.15, 0.2) is 17.2 Å². The van der Waals surface area contributed by atoms with Gasteiger partial charge in [-0.3, -0.25) is 0 Å². The van der Waals surface area contributed by atoms with E-state index in [1.807, 2.05) is 72.8 Å². The van der Waals surface area contributed by atoms with Gasteiger partial charge < -0.3 is 19.7 Å². The van der Waals surface area contributed by atoms with Crippen LogP contribution in [0.1, 0.15) is 5.56 Å². The van der Waals surface area contributed by atoms with Crippen molar-refractivity contribution in [3.8, 4) is 45.3 Å². The van der Waals surface area contributed by atoms with Crippen molar-refractivity contribution in [2.45, 2.75) is 6.92 Å². The molecule has 1 N–H and O–H groups in total. The van der Waals surface area contributed by atoms with E-state index in [1.54, 1.807) is 0 Å². The molecular formula is C55H38N2O2.